The van der Waals surface area contributed by atoms with Gasteiger partial charge < -0.3 is 19.9 Å². The number of urea groups is 1. The lowest BCUT2D eigenvalue weighted by molar-refractivity contribution is 0.133. The predicted molar refractivity (Wildman–Crippen MR) is 108 cm³/mol. The number of methoxy groups -OCH3 is 1. The normalized spacial score (nSPS) is 15.0. The summed E-state index contributed by atoms with van der Waals surface area (Å²) in [6.45, 7) is 4.40. The van der Waals surface area contributed by atoms with Crippen LogP contribution in [-0.2, 0) is 13.1 Å². The summed E-state index contributed by atoms with van der Waals surface area (Å²) < 4.78 is 5.15. The molecule has 2 N–H and O–H groups in total. The van der Waals surface area contributed by atoms with Gasteiger partial charge in [-0.2, -0.15) is 0 Å². The number of rotatable bonds is 5. The average Bonchev–Trinajstić information content (AvgIpc) is 3.15. The maximum atomic E-state index is 12.4. The Hall–Kier alpha value is -3.06. The van der Waals surface area contributed by atoms with Gasteiger partial charge in [-0.15, -0.1) is 0 Å². The first kappa shape index (κ1) is 18.3. The quantitative estimate of drug-likeness (QED) is 0.715. The van der Waals surface area contributed by atoms with Crippen molar-refractivity contribution in [3.63, 3.8) is 0 Å². The van der Waals surface area contributed by atoms with Crippen LogP contribution in [0.25, 0.3) is 11.0 Å². The van der Waals surface area contributed by atoms with E-state index in [4.69, 9.17) is 4.74 Å². The molecule has 7 heteroatoms. The summed E-state index contributed by atoms with van der Waals surface area (Å²) in [5, 5.41) is 3.00. The Kier molecular flexibility index (Phi) is 5.43. The fraction of sp³-hybridized carbons (Fsp3) is 0.333. The number of piperazine rings is 1. The minimum Gasteiger partial charge on any atom is -0.497 e. The van der Waals surface area contributed by atoms with E-state index in [0.29, 0.717) is 19.6 Å². The Morgan fingerprint density at radius 3 is 2.57 bits per heavy atom. The molecule has 0 aliphatic carbocycles. The van der Waals surface area contributed by atoms with Gasteiger partial charge in [0.15, 0.2) is 0 Å². The van der Waals surface area contributed by atoms with Gasteiger partial charge in [0.1, 0.15) is 11.6 Å². The zero-order valence-corrected chi connectivity index (χ0v) is 16.0. The topological polar surface area (TPSA) is 73.5 Å². The Morgan fingerprint density at radius 1 is 1.11 bits per heavy atom. The van der Waals surface area contributed by atoms with Gasteiger partial charge in [0.25, 0.3) is 0 Å². The molecule has 0 radical (unpaired) electrons. The van der Waals surface area contributed by atoms with Crippen LogP contribution in [0.15, 0.2) is 48.5 Å². The Bertz CT molecular complexity index is 896. The summed E-state index contributed by atoms with van der Waals surface area (Å²) >= 11 is 0. The van der Waals surface area contributed by atoms with Gasteiger partial charge in [0, 0.05) is 32.7 Å². The van der Waals surface area contributed by atoms with E-state index in [-0.39, 0.29) is 6.03 Å². The minimum absolute atomic E-state index is 0.0146. The van der Waals surface area contributed by atoms with Crippen LogP contribution in [0.5, 0.6) is 5.75 Å². The molecule has 0 atom stereocenters. The second-order valence-electron chi connectivity index (χ2n) is 6.97. The van der Waals surface area contributed by atoms with Crippen LogP contribution in [0.3, 0.4) is 0 Å². The van der Waals surface area contributed by atoms with Crippen molar-refractivity contribution >= 4 is 17.1 Å². The molecule has 1 aliphatic heterocycles. The van der Waals surface area contributed by atoms with Gasteiger partial charge in [-0.05, 0) is 29.8 Å². The number of hydrogen-bond donors (Lipinski definition) is 2. The third-order valence-electron chi connectivity index (χ3n) is 5.07. The maximum absolute atomic E-state index is 12.4. The summed E-state index contributed by atoms with van der Waals surface area (Å²) in [4.78, 5) is 24.6. The summed E-state index contributed by atoms with van der Waals surface area (Å²) in [6.07, 6.45) is 0. The second kappa shape index (κ2) is 8.31. The molecule has 146 valence electrons. The molecular formula is C21H25N5O2. The first-order valence-electron chi connectivity index (χ1n) is 9.53. The fourth-order valence-electron chi connectivity index (χ4n) is 3.43. The molecule has 2 heterocycles. The third-order valence-corrected chi connectivity index (χ3v) is 5.07. The number of amides is 2. The molecule has 1 aromatic heterocycles. The number of ether oxygens (including phenoxy) is 1. The zero-order valence-electron chi connectivity index (χ0n) is 16.0. The molecule has 7 nitrogen and oxygen atoms in total. The highest BCUT2D eigenvalue weighted by atomic mass is 16.5. The highest BCUT2D eigenvalue weighted by molar-refractivity contribution is 5.75. The molecule has 2 amide bonds. The van der Waals surface area contributed by atoms with E-state index in [0.717, 1.165) is 47.8 Å². The summed E-state index contributed by atoms with van der Waals surface area (Å²) in [7, 11) is 1.64. The molecule has 1 aliphatic rings. The first-order chi connectivity index (χ1) is 13.7. The van der Waals surface area contributed by atoms with Crippen LogP contribution < -0.4 is 10.1 Å². The maximum Gasteiger partial charge on any atom is 0.317 e. The van der Waals surface area contributed by atoms with Crippen molar-refractivity contribution in [2.75, 3.05) is 33.3 Å². The van der Waals surface area contributed by atoms with Crippen molar-refractivity contribution in [2.24, 2.45) is 0 Å². The molecule has 0 bridgehead atoms. The van der Waals surface area contributed by atoms with Crippen LogP contribution in [0.2, 0.25) is 0 Å². The summed E-state index contributed by atoms with van der Waals surface area (Å²) in [5.74, 6) is 1.79. The SMILES string of the molecule is COc1ccc(CNC(=O)N2CCN(Cc3nc4ccccc4[nH]3)CC2)cc1. The molecular weight excluding hydrogens is 354 g/mol. The number of para-hydroxylation sites is 2. The molecule has 28 heavy (non-hydrogen) atoms. The fourth-order valence-corrected chi connectivity index (χ4v) is 3.43. The smallest absolute Gasteiger partial charge is 0.317 e. The number of hydrogen-bond acceptors (Lipinski definition) is 4. The monoisotopic (exact) mass is 379 g/mol. The van der Waals surface area contributed by atoms with Crippen molar-refractivity contribution < 1.29 is 9.53 Å². The highest BCUT2D eigenvalue weighted by Gasteiger charge is 2.21. The van der Waals surface area contributed by atoms with E-state index < -0.39 is 0 Å². The Balaban J connectivity index is 1.24. The molecule has 0 unspecified atom stereocenters. The van der Waals surface area contributed by atoms with Crippen LogP contribution in [0.4, 0.5) is 4.79 Å². The number of fused-ring (bicyclic) bond motifs is 1. The predicted octanol–water partition coefficient (Wildman–Crippen LogP) is 2.60. The van der Waals surface area contributed by atoms with Gasteiger partial charge in [0.05, 0.1) is 24.7 Å². The van der Waals surface area contributed by atoms with E-state index in [1.165, 1.54) is 0 Å². The van der Waals surface area contributed by atoms with Gasteiger partial charge in [0.2, 0.25) is 0 Å². The molecule has 0 spiro atoms. The van der Waals surface area contributed by atoms with E-state index in [9.17, 15) is 4.79 Å². The molecule has 3 aromatic rings. The van der Waals surface area contributed by atoms with Gasteiger partial charge >= 0.3 is 6.03 Å². The van der Waals surface area contributed by atoms with Crippen molar-refractivity contribution in [1.29, 1.82) is 0 Å². The van der Waals surface area contributed by atoms with Gasteiger partial charge in [-0.1, -0.05) is 24.3 Å². The molecule has 1 saturated heterocycles. The number of aromatic amines is 1. The number of nitrogens with zero attached hydrogens (tertiary/aromatic N) is 3. The molecule has 1 fully saturated rings. The van der Waals surface area contributed by atoms with Crippen molar-refractivity contribution in [1.82, 2.24) is 25.1 Å². The number of carbonyl (C=O) groups is 1. The number of benzene rings is 2. The van der Waals surface area contributed by atoms with Crippen LogP contribution in [0.1, 0.15) is 11.4 Å². The van der Waals surface area contributed by atoms with Gasteiger partial charge in [-0.25, -0.2) is 9.78 Å². The lowest BCUT2D eigenvalue weighted by Crippen LogP contribution is -2.51. The first-order valence-corrected chi connectivity index (χ1v) is 9.53. The van der Waals surface area contributed by atoms with E-state index >= 15 is 0 Å². The lowest BCUT2D eigenvalue weighted by Gasteiger charge is -2.34. The van der Waals surface area contributed by atoms with Gasteiger partial charge in [-0.3, -0.25) is 4.90 Å². The number of imidazole rings is 1. The Labute approximate surface area is 164 Å². The Morgan fingerprint density at radius 2 is 1.86 bits per heavy atom. The minimum atomic E-state index is -0.0146. The van der Waals surface area contributed by atoms with Crippen molar-refractivity contribution in [3.8, 4) is 5.75 Å². The average molecular weight is 379 g/mol. The number of H-pyrrole nitrogens is 1. The highest BCUT2D eigenvalue weighted by Crippen LogP contribution is 2.14. The molecule has 4 rings (SSSR count). The number of nitrogens with one attached hydrogen (secondary N) is 2. The van der Waals surface area contributed by atoms with Crippen LogP contribution in [0, 0.1) is 0 Å². The van der Waals surface area contributed by atoms with Crippen molar-refractivity contribution in [2.45, 2.75) is 13.1 Å². The third kappa shape index (κ3) is 4.26. The summed E-state index contributed by atoms with van der Waals surface area (Å²) in [6, 6.07) is 15.8. The largest absolute Gasteiger partial charge is 0.497 e. The second-order valence-corrected chi connectivity index (χ2v) is 6.97. The van der Waals surface area contributed by atoms with Crippen molar-refractivity contribution in [3.05, 3.63) is 59.9 Å². The summed E-state index contributed by atoms with van der Waals surface area (Å²) in [5.41, 5.74) is 3.11. The molecule has 0 saturated carbocycles. The zero-order chi connectivity index (χ0) is 19.3. The van der Waals surface area contributed by atoms with Crippen LogP contribution in [-0.4, -0.2) is 59.1 Å². The molecule has 2 aromatic carbocycles. The number of carbonyl (C=O) groups excluding carboxylic acids is 1. The van der Waals surface area contributed by atoms with E-state index in [1.807, 2.05) is 53.4 Å². The van der Waals surface area contributed by atoms with Crippen LogP contribution >= 0.6 is 0 Å². The number of aromatic nitrogens is 2. The lowest BCUT2D eigenvalue weighted by atomic mass is 10.2. The van der Waals surface area contributed by atoms with E-state index in [1.54, 1.807) is 7.11 Å². The van der Waals surface area contributed by atoms with E-state index in [2.05, 4.69) is 20.2 Å². The standard InChI is InChI=1S/C21H25N5O2/c1-28-17-8-6-16(7-9-17)14-22-21(27)26-12-10-25(11-13-26)15-20-23-18-4-2-3-5-19(18)24-20/h2-9H,10-15H2,1H3,(H,22,27)(H,23,24).